The van der Waals surface area contributed by atoms with Crippen LogP contribution >= 0.6 is 11.6 Å². The number of nitrogen functional groups attached to an aromatic ring is 1. The summed E-state index contributed by atoms with van der Waals surface area (Å²) in [5.41, 5.74) is 6.32. The fraction of sp³-hybridized carbons (Fsp3) is 0.353. The van der Waals surface area contributed by atoms with E-state index in [1.54, 1.807) is 24.3 Å². The Balaban J connectivity index is 1.74. The molecule has 1 saturated heterocycles. The normalized spacial score (nSPS) is 17.1. The molecule has 5 N–H and O–H groups in total. The zero-order valence-corrected chi connectivity index (χ0v) is 14.5. The van der Waals surface area contributed by atoms with Gasteiger partial charge < -0.3 is 21.1 Å². The van der Waals surface area contributed by atoms with Crippen LogP contribution in [0.15, 0.2) is 30.6 Å². The van der Waals surface area contributed by atoms with Gasteiger partial charge in [0.05, 0.1) is 0 Å². The van der Waals surface area contributed by atoms with Crippen molar-refractivity contribution < 1.29 is 4.74 Å². The lowest BCUT2D eigenvalue weighted by Gasteiger charge is -2.23. The lowest BCUT2D eigenvalue weighted by molar-refractivity contribution is 0.392. The fourth-order valence-corrected chi connectivity index (χ4v) is 2.98. The third-order valence-electron chi connectivity index (χ3n) is 4.08. The number of hydrogen-bond acceptors (Lipinski definition) is 7. The number of rotatable bonds is 5. The van der Waals surface area contributed by atoms with Crippen molar-refractivity contribution in [3.63, 3.8) is 0 Å². The van der Waals surface area contributed by atoms with Crippen LogP contribution in [-0.4, -0.2) is 35.5 Å². The number of nitrogens with one attached hydrogen (secondary N) is 3. The SMILES string of the molecule is N=C(Oc1cccc(Cl)c1)c1c(N)ncnc1NCC1CCCNC1. The molecule has 1 aromatic carbocycles. The van der Waals surface area contributed by atoms with E-state index in [-0.39, 0.29) is 11.7 Å². The summed E-state index contributed by atoms with van der Waals surface area (Å²) in [6, 6.07) is 6.85. The quantitative estimate of drug-likeness (QED) is 0.482. The van der Waals surface area contributed by atoms with E-state index in [4.69, 9.17) is 27.5 Å². The Morgan fingerprint density at radius 1 is 1.44 bits per heavy atom. The number of piperidine rings is 1. The highest BCUT2D eigenvalue weighted by Gasteiger charge is 2.19. The van der Waals surface area contributed by atoms with Crippen LogP contribution in [-0.2, 0) is 0 Å². The van der Waals surface area contributed by atoms with Crippen LogP contribution in [0, 0.1) is 11.3 Å². The maximum absolute atomic E-state index is 8.26. The molecule has 7 nitrogen and oxygen atoms in total. The molecule has 0 saturated carbocycles. The summed E-state index contributed by atoms with van der Waals surface area (Å²) in [5, 5.41) is 15.5. The number of hydrogen-bond donors (Lipinski definition) is 4. The smallest absolute Gasteiger partial charge is 0.226 e. The Hall–Kier alpha value is -2.38. The van der Waals surface area contributed by atoms with Gasteiger partial charge in [0.1, 0.15) is 29.3 Å². The molecule has 0 bridgehead atoms. The number of nitrogens with zero attached hydrogens (tertiary/aromatic N) is 2. The molecule has 1 atom stereocenters. The van der Waals surface area contributed by atoms with Gasteiger partial charge in [0.15, 0.2) is 0 Å². The van der Waals surface area contributed by atoms with Gasteiger partial charge in [-0.25, -0.2) is 9.97 Å². The third-order valence-corrected chi connectivity index (χ3v) is 4.31. The fourth-order valence-electron chi connectivity index (χ4n) is 2.80. The van der Waals surface area contributed by atoms with Crippen molar-refractivity contribution in [3.05, 3.63) is 41.2 Å². The van der Waals surface area contributed by atoms with Crippen LogP contribution in [0.1, 0.15) is 18.4 Å². The number of aromatic nitrogens is 2. The summed E-state index contributed by atoms with van der Waals surface area (Å²) in [6.45, 7) is 2.79. The van der Waals surface area contributed by atoms with E-state index >= 15 is 0 Å². The molecule has 3 rings (SSSR count). The van der Waals surface area contributed by atoms with E-state index in [9.17, 15) is 0 Å². The van der Waals surface area contributed by atoms with Gasteiger partial charge in [-0.1, -0.05) is 17.7 Å². The zero-order chi connectivity index (χ0) is 17.6. The molecule has 0 amide bonds. The van der Waals surface area contributed by atoms with Crippen molar-refractivity contribution in [1.29, 1.82) is 5.41 Å². The lowest BCUT2D eigenvalue weighted by atomic mass is 10.00. The Morgan fingerprint density at radius 3 is 3.08 bits per heavy atom. The first-order valence-corrected chi connectivity index (χ1v) is 8.58. The van der Waals surface area contributed by atoms with Gasteiger partial charge in [-0.3, -0.25) is 5.41 Å². The van der Waals surface area contributed by atoms with E-state index in [0.29, 0.717) is 28.1 Å². The summed E-state index contributed by atoms with van der Waals surface area (Å²) in [7, 11) is 0. The third kappa shape index (κ3) is 4.58. The summed E-state index contributed by atoms with van der Waals surface area (Å²) in [4.78, 5) is 8.22. The second-order valence-electron chi connectivity index (χ2n) is 5.96. The molecule has 2 aromatic rings. The molecule has 132 valence electrons. The second kappa shape index (κ2) is 8.13. The summed E-state index contributed by atoms with van der Waals surface area (Å²) in [5.74, 6) is 1.56. The van der Waals surface area contributed by atoms with Crippen LogP contribution < -0.4 is 21.1 Å². The van der Waals surface area contributed by atoms with Crippen LogP contribution in [0.25, 0.3) is 0 Å². The number of halogens is 1. The molecular weight excluding hydrogens is 340 g/mol. The Morgan fingerprint density at radius 2 is 2.32 bits per heavy atom. The highest BCUT2D eigenvalue weighted by molar-refractivity contribution is 6.30. The average Bonchev–Trinajstić information content (AvgIpc) is 2.61. The largest absolute Gasteiger partial charge is 0.439 e. The second-order valence-corrected chi connectivity index (χ2v) is 6.40. The van der Waals surface area contributed by atoms with Crippen LogP contribution in [0.3, 0.4) is 0 Å². The lowest BCUT2D eigenvalue weighted by Crippen LogP contribution is -2.34. The van der Waals surface area contributed by atoms with Gasteiger partial charge in [0, 0.05) is 11.6 Å². The van der Waals surface area contributed by atoms with Crippen LogP contribution in [0.5, 0.6) is 5.75 Å². The minimum Gasteiger partial charge on any atom is -0.439 e. The van der Waals surface area contributed by atoms with Crippen molar-refractivity contribution in [2.75, 3.05) is 30.7 Å². The topological polar surface area (TPSA) is 109 Å². The first kappa shape index (κ1) is 17.4. The van der Waals surface area contributed by atoms with Crippen molar-refractivity contribution >= 4 is 29.1 Å². The van der Waals surface area contributed by atoms with Gasteiger partial charge in [0.25, 0.3) is 0 Å². The van der Waals surface area contributed by atoms with E-state index in [0.717, 1.165) is 26.1 Å². The molecular formula is C17H21ClN6O. The number of nitrogens with two attached hydrogens (primary N) is 1. The monoisotopic (exact) mass is 360 g/mol. The molecule has 0 aliphatic carbocycles. The van der Waals surface area contributed by atoms with Crippen molar-refractivity contribution in [3.8, 4) is 5.75 Å². The summed E-state index contributed by atoms with van der Waals surface area (Å²) in [6.07, 6.45) is 3.71. The highest BCUT2D eigenvalue weighted by Crippen LogP contribution is 2.23. The first-order valence-electron chi connectivity index (χ1n) is 8.21. The van der Waals surface area contributed by atoms with Crippen LogP contribution in [0.2, 0.25) is 5.02 Å². The van der Waals surface area contributed by atoms with Crippen LogP contribution in [0.4, 0.5) is 11.6 Å². The van der Waals surface area contributed by atoms with Gasteiger partial charge >= 0.3 is 0 Å². The maximum Gasteiger partial charge on any atom is 0.226 e. The van der Waals surface area contributed by atoms with E-state index < -0.39 is 0 Å². The Kier molecular flexibility index (Phi) is 5.67. The zero-order valence-electron chi connectivity index (χ0n) is 13.8. The molecule has 1 aliphatic heterocycles. The maximum atomic E-state index is 8.26. The highest BCUT2D eigenvalue weighted by atomic mass is 35.5. The Bertz CT molecular complexity index is 748. The summed E-state index contributed by atoms with van der Waals surface area (Å²) >= 11 is 5.95. The predicted octanol–water partition coefficient (Wildman–Crippen LogP) is 2.53. The standard InChI is InChI=1S/C17H21ClN6O/c18-12-4-1-5-13(7-12)25-16(20)14-15(19)23-10-24-17(14)22-9-11-3-2-6-21-8-11/h1,4-5,7,10-11,20-21H,2-3,6,8-9H2,(H3,19,22,23,24). The molecule has 1 aliphatic rings. The number of benzene rings is 1. The van der Waals surface area contributed by atoms with Crippen molar-refractivity contribution in [2.45, 2.75) is 12.8 Å². The average molecular weight is 361 g/mol. The Labute approximate surface area is 151 Å². The first-order chi connectivity index (χ1) is 12.1. The number of anilines is 2. The molecule has 0 radical (unpaired) electrons. The van der Waals surface area contributed by atoms with E-state index in [1.165, 1.54) is 12.7 Å². The summed E-state index contributed by atoms with van der Waals surface area (Å²) < 4.78 is 5.58. The molecule has 1 aromatic heterocycles. The molecule has 8 heteroatoms. The molecule has 1 fully saturated rings. The molecule has 0 spiro atoms. The van der Waals surface area contributed by atoms with E-state index in [2.05, 4.69) is 20.6 Å². The molecule has 2 heterocycles. The predicted molar refractivity (Wildman–Crippen MR) is 99.4 cm³/mol. The van der Waals surface area contributed by atoms with Gasteiger partial charge in [-0.2, -0.15) is 0 Å². The van der Waals surface area contributed by atoms with Gasteiger partial charge in [-0.15, -0.1) is 0 Å². The van der Waals surface area contributed by atoms with Crippen molar-refractivity contribution in [1.82, 2.24) is 15.3 Å². The molecule has 25 heavy (non-hydrogen) atoms. The minimum absolute atomic E-state index is 0.121. The molecule has 1 unspecified atom stereocenters. The van der Waals surface area contributed by atoms with Gasteiger partial charge in [0.2, 0.25) is 5.90 Å². The van der Waals surface area contributed by atoms with Crippen molar-refractivity contribution in [2.24, 2.45) is 5.92 Å². The minimum atomic E-state index is -0.121. The van der Waals surface area contributed by atoms with Gasteiger partial charge in [-0.05, 0) is 50.0 Å². The number of ether oxygens (including phenoxy) is 1. The van der Waals surface area contributed by atoms with E-state index in [1.807, 2.05) is 0 Å².